The van der Waals surface area contributed by atoms with E-state index in [2.05, 4.69) is 10.3 Å². The molecule has 0 radical (unpaired) electrons. The Bertz CT molecular complexity index is 300. The lowest BCUT2D eigenvalue weighted by atomic mass is 10.5. The highest BCUT2D eigenvalue weighted by molar-refractivity contribution is 8.01. The summed E-state index contributed by atoms with van der Waals surface area (Å²) in [6.07, 6.45) is 1.45. The summed E-state index contributed by atoms with van der Waals surface area (Å²) in [5.74, 6) is 0. The highest BCUT2D eigenvalue weighted by Crippen LogP contribution is 2.38. The molecule has 0 aromatic carbocycles. The second-order valence-corrected chi connectivity index (χ2v) is 5.03. The van der Waals surface area contributed by atoms with Gasteiger partial charge in [-0.25, -0.2) is 4.98 Å². The van der Waals surface area contributed by atoms with Crippen molar-refractivity contribution in [2.75, 3.05) is 13.1 Å². The van der Waals surface area contributed by atoms with Crippen LogP contribution in [-0.4, -0.2) is 23.6 Å². The standard InChI is InChI=1S/C7H10F3N3S2/c8-7(9,10)15-6-13-4-5(14-6)3-12-2-1-11/h4,12H,1-3,11H2. The molecule has 1 aromatic rings. The Labute approximate surface area is 93.3 Å². The van der Waals surface area contributed by atoms with E-state index in [1.54, 1.807) is 0 Å². The summed E-state index contributed by atoms with van der Waals surface area (Å²) in [4.78, 5) is 4.44. The van der Waals surface area contributed by atoms with E-state index in [9.17, 15) is 13.2 Å². The maximum absolute atomic E-state index is 12.0. The number of hydrogen-bond acceptors (Lipinski definition) is 5. The Kier molecular flexibility index (Phi) is 4.84. The largest absolute Gasteiger partial charge is 0.448 e. The molecule has 0 fully saturated rings. The van der Waals surface area contributed by atoms with Crippen LogP contribution >= 0.6 is 23.1 Å². The molecule has 1 aromatic heterocycles. The van der Waals surface area contributed by atoms with Crippen LogP contribution in [0.5, 0.6) is 0 Å². The molecular formula is C7H10F3N3S2. The third-order valence-corrected chi connectivity index (χ3v) is 3.16. The Hall–Kier alpha value is -0.310. The lowest BCUT2D eigenvalue weighted by molar-refractivity contribution is -0.0328. The van der Waals surface area contributed by atoms with Gasteiger partial charge in [0.25, 0.3) is 0 Å². The van der Waals surface area contributed by atoms with Gasteiger partial charge in [-0.3, -0.25) is 0 Å². The van der Waals surface area contributed by atoms with Gasteiger partial charge in [-0.15, -0.1) is 11.3 Å². The van der Waals surface area contributed by atoms with Crippen LogP contribution in [0, 0.1) is 0 Å². The molecule has 0 saturated carbocycles. The zero-order valence-electron chi connectivity index (χ0n) is 7.67. The first-order valence-electron chi connectivity index (χ1n) is 4.12. The number of thioether (sulfide) groups is 1. The molecular weight excluding hydrogens is 247 g/mol. The SMILES string of the molecule is NCCNCc1cnc(SC(F)(F)F)s1. The second-order valence-electron chi connectivity index (χ2n) is 2.61. The third-order valence-electron chi connectivity index (χ3n) is 1.36. The molecule has 0 atom stereocenters. The highest BCUT2D eigenvalue weighted by atomic mass is 32.2. The van der Waals surface area contributed by atoms with E-state index >= 15 is 0 Å². The summed E-state index contributed by atoms with van der Waals surface area (Å²) in [5.41, 5.74) is 0.989. The second kappa shape index (κ2) is 5.69. The van der Waals surface area contributed by atoms with Crippen molar-refractivity contribution >= 4 is 23.1 Å². The number of nitrogens with one attached hydrogen (secondary N) is 1. The van der Waals surface area contributed by atoms with Crippen LogP contribution in [0.4, 0.5) is 13.2 Å². The summed E-state index contributed by atoms with van der Waals surface area (Å²) >= 11 is 0.854. The maximum atomic E-state index is 12.0. The average molecular weight is 257 g/mol. The van der Waals surface area contributed by atoms with E-state index in [4.69, 9.17) is 5.73 Å². The Morgan fingerprint density at radius 2 is 2.27 bits per heavy atom. The van der Waals surface area contributed by atoms with Crippen LogP contribution < -0.4 is 11.1 Å². The summed E-state index contributed by atoms with van der Waals surface area (Å²) < 4.78 is 35.9. The molecule has 1 rings (SSSR count). The number of hydrogen-bond donors (Lipinski definition) is 2. The quantitative estimate of drug-likeness (QED) is 0.624. The molecule has 0 saturated heterocycles. The molecule has 0 unspecified atom stereocenters. The minimum atomic E-state index is -4.26. The van der Waals surface area contributed by atoms with Crippen molar-refractivity contribution in [1.82, 2.24) is 10.3 Å². The lowest BCUT2D eigenvalue weighted by Gasteiger charge is -2.00. The Morgan fingerprint density at radius 3 is 2.87 bits per heavy atom. The van der Waals surface area contributed by atoms with Gasteiger partial charge in [-0.1, -0.05) is 0 Å². The fraction of sp³-hybridized carbons (Fsp3) is 0.571. The van der Waals surface area contributed by atoms with Crippen molar-refractivity contribution < 1.29 is 13.2 Å². The Balaban J connectivity index is 2.42. The Morgan fingerprint density at radius 1 is 1.53 bits per heavy atom. The van der Waals surface area contributed by atoms with E-state index in [1.807, 2.05) is 0 Å². The number of aromatic nitrogens is 1. The van der Waals surface area contributed by atoms with E-state index in [1.165, 1.54) is 6.20 Å². The zero-order chi connectivity index (χ0) is 11.3. The molecule has 1 heterocycles. The van der Waals surface area contributed by atoms with Gasteiger partial charge in [0, 0.05) is 42.5 Å². The van der Waals surface area contributed by atoms with E-state index in [0.717, 1.165) is 16.2 Å². The molecule has 8 heteroatoms. The van der Waals surface area contributed by atoms with Gasteiger partial charge in [0.15, 0.2) is 4.34 Å². The smallest absolute Gasteiger partial charge is 0.329 e. The molecule has 0 spiro atoms. The fourth-order valence-corrected chi connectivity index (χ4v) is 2.52. The van der Waals surface area contributed by atoms with E-state index < -0.39 is 5.51 Å². The molecule has 3 nitrogen and oxygen atoms in total. The molecule has 0 aliphatic rings. The predicted octanol–water partition coefficient (Wildman–Crippen LogP) is 1.80. The van der Waals surface area contributed by atoms with Crippen molar-refractivity contribution in [3.8, 4) is 0 Å². The fourth-order valence-electron chi connectivity index (χ4n) is 0.831. The molecule has 0 amide bonds. The minimum absolute atomic E-state index is 0.0204. The maximum Gasteiger partial charge on any atom is 0.448 e. The summed E-state index contributed by atoms with van der Waals surface area (Å²) in [6.45, 7) is 1.65. The van der Waals surface area contributed by atoms with Crippen molar-refractivity contribution in [2.24, 2.45) is 5.73 Å². The number of rotatable bonds is 5. The van der Waals surface area contributed by atoms with Crippen LogP contribution in [0.15, 0.2) is 10.5 Å². The van der Waals surface area contributed by atoms with Crippen LogP contribution in [0.25, 0.3) is 0 Å². The van der Waals surface area contributed by atoms with Gasteiger partial charge < -0.3 is 11.1 Å². The van der Waals surface area contributed by atoms with Gasteiger partial charge in [0.05, 0.1) is 0 Å². The van der Waals surface area contributed by atoms with Gasteiger partial charge in [0.2, 0.25) is 0 Å². The predicted molar refractivity (Wildman–Crippen MR) is 54.8 cm³/mol. The van der Waals surface area contributed by atoms with Crippen molar-refractivity contribution in [1.29, 1.82) is 0 Å². The van der Waals surface area contributed by atoms with E-state index in [-0.39, 0.29) is 16.1 Å². The lowest BCUT2D eigenvalue weighted by Crippen LogP contribution is -2.21. The van der Waals surface area contributed by atoms with Gasteiger partial charge in [0.1, 0.15) is 0 Å². The molecule has 3 N–H and O–H groups in total. The van der Waals surface area contributed by atoms with Crippen molar-refractivity contribution in [2.45, 2.75) is 16.4 Å². The first kappa shape index (κ1) is 12.8. The number of alkyl halides is 3. The summed E-state index contributed by atoms with van der Waals surface area (Å²) in [5, 5.41) is 2.98. The molecule has 86 valence electrons. The third kappa shape index (κ3) is 5.36. The minimum Gasteiger partial charge on any atom is -0.329 e. The molecule has 0 aliphatic heterocycles. The topological polar surface area (TPSA) is 50.9 Å². The number of nitrogens with two attached hydrogens (primary N) is 1. The highest BCUT2D eigenvalue weighted by Gasteiger charge is 2.30. The zero-order valence-corrected chi connectivity index (χ0v) is 9.31. The average Bonchev–Trinajstić information content (AvgIpc) is 2.50. The molecule has 0 bridgehead atoms. The van der Waals surface area contributed by atoms with Gasteiger partial charge in [-0.2, -0.15) is 13.2 Å². The number of nitrogens with zero attached hydrogens (tertiary/aromatic N) is 1. The number of halogens is 3. The first-order chi connectivity index (χ1) is 7.01. The van der Waals surface area contributed by atoms with Crippen LogP contribution in [0.2, 0.25) is 0 Å². The first-order valence-corrected chi connectivity index (χ1v) is 5.76. The van der Waals surface area contributed by atoms with Crippen LogP contribution in [0.3, 0.4) is 0 Å². The van der Waals surface area contributed by atoms with Gasteiger partial charge >= 0.3 is 5.51 Å². The van der Waals surface area contributed by atoms with Crippen LogP contribution in [-0.2, 0) is 6.54 Å². The summed E-state index contributed by atoms with van der Waals surface area (Å²) in [7, 11) is 0. The normalized spacial score (nSPS) is 12.0. The van der Waals surface area contributed by atoms with Gasteiger partial charge in [-0.05, 0) is 0 Å². The van der Waals surface area contributed by atoms with E-state index in [0.29, 0.717) is 19.6 Å². The molecule has 15 heavy (non-hydrogen) atoms. The monoisotopic (exact) mass is 257 g/mol. The number of thiazole rings is 1. The van der Waals surface area contributed by atoms with Crippen molar-refractivity contribution in [3.05, 3.63) is 11.1 Å². The molecule has 0 aliphatic carbocycles. The summed E-state index contributed by atoms with van der Waals surface area (Å²) in [6, 6.07) is 0. The van der Waals surface area contributed by atoms with Crippen LogP contribution in [0.1, 0.15) is 4.88 Å². The van der Waals surface area contributed by atoms with Crippen molar-refractivity contribution in [3.63, 3.8) is 0 Å².